The number of sulfonamides is 1. The SMILES string of the molecule is Cc1ccc(N(CCCC(=O)O)S(=O)(=O)c2ccc(Cl)c(Cl)c2)c(C)c1. The van der Waals surface area contributed by atoms with Crippen molar-refractivity contribution in [2.75, 3.05) is 10.8 Å². The van der Waals surface area contributed by atoms with Gasteiger partial charge in [-0.2, -0.15) is 0 Å². The van der Waals surface area contributed by atoms with Gasteiger partial charge in [0, 0.05) is 13.0 Å². The van der Waals surface area contributed by atoms with Crippen LogP contribution in [0.1, 0.15) is 24.0 Å². The summed E-state index contributed by atoms with van der Waals surface area (Å²) >= 11 is 11.9. The number of nitrogens with zero attached hydrogens (tertiary/aromatic N) is 1. The highest BCUT2D eigenvalue weighted by molar-refractivity contribution is 7.92. The van der Waals surface area contributed by atoms with Crippen molar-refractivity contribution in [1.29, 1.82) is 0 Å². The number of carbonyl (C=O) groups is 1. The summed E-state index contributed by atoms with van der Waals surface area (Å²) in [5.41, 5.74) is 2.29. The van der Waals surface area contributed by atoms with E-state index in [2.05, 4.69) is 0 Å². The van der Waals surface area contributed by atoms with Crippen LogP contribution in [0, 0.1) is 13.8 Å². The molecule has 0 saturated carbocycles. The maximum atomic E-state index is 13.2. The first-order valence-electron chi connectivity index (χ1n) is 7.90. The van der Waals surface area contributed by atoms with Crippen LogP contribution in [0.4, 0.5) is 5.69 Å². The number of carboxylic acid groups (broad SMARTS) is 1. The van der Waals surface area contributed by atoms with Crippen LogP contribution in [0.5, 0.6) is 0 Å². The molecule has 26 heavy (non-hydrogen) atoms. The first-order valence-corrected chi connectivity index (χ1v) is 10.1. The van der Waals surface area contributed by atoms with Gasteiger partial charge in [-0.15, -0.1) is 0 Å². The molecule has 0 unspecified atom stereocenters. The second-order valence-corrected chi connectivity index (χ2v) is 8.62. The van der Waals surface area contributed by atoms with E-state index in [1.807, 2.05) is 26.0 Å². The Balaban J connectivity index is 2.50. The average molecular weight is 416 g/mol. The summed E-state index contributed by atoms with van der Waals surface area (Å²) in [7, 11) is -3.93. The van der Waals surface area contributed by atoms with Crippen molar-refractivity contribution in [2.45, 2.75) is 31.6 Å². The van der Waals surface area contributed by atoms with Crippen LogP contribution in [0.15, 0.2) is 41.3 Å². The lowest BCUT2D eigenvalue weighted by atomic mass is 10.1. The number of hydrogen-bond acceptors (Lipinski definition) is 3. The molecule has 0 bridgehead atoms. The van der Waals surface area contributed by atoms with Crippen LogP contribution >= 0.6 is 23.2 Å². The van der Waals surface area contributed by atoms with Gasteiger partial charge in [-0.05, 0) is 50.1 Å². The summed E-state index contributed by atoms with van der Waals surface area (Å²) in [5, 5.41) is 9.27. The lowest BCUT2D eigenvalue weighted by Crippen LogP contribution is -2.33. The van der Waals surface area contributed by atoms with E-state index < -0.39 is 16.0 Å². The second kappa shape index (κ2) is 8.29. The molecule has 8 heteroatoms. The molecule has 0 aliphatic heterocycles. The quantitative estimate of drug-likeness (QED) is 0.712. The molecule has 140 valence electrons. The van der Waals surface area contributed by atoms with Crippen molar-refractivity contribution in [2.24, 2.45) is 0 Å². The topological polar surface area (TPSA) is 74.7 Å². The number of carboxylic acids is 1. The fraction of sp³-hybridized carbons (Fsp3) is 0.278. The monoisotopic (exact) mass is 415 g/mol. The highest BCUT2D eigenvalue weighted by Gasteiger charge is 2.26. The van der Waals surface area contributed by atoms with Gasteiger partial charge in [0.1, 0.15) is 0 Å². The molecule has 5 nitrogen and oxygen atoms in total. The molecule has 1 N–H and O–H groups in total. The van der Waals surface area contributed by atoms with Gasteiger partial charge in [0.15, 0.2) is 0 Å². The molecule has 0 aromatic heterocycles. The highest BCUT2D eigenvalue weighted by Crippen LogP contribution is 2.31. The van der Waals surface area contributed by atoms with E-state index in [1.54, 1.807) is 6.07 Å². The minimum Gasteiger partial charge on any atom is -0.481 e. The van der Waals surface area contributed by atoms with Crippen molar-refractivity contribution in [1.82, 2.24) is 0 Å². The maximum Gasteiger partial charge on any atom is 0.303 e. The third kappa shape index (κ3) is 4.69. The zero-order valence-electron chi connectivity index (χ0n) is 14.4. The van der Waals surface area contributed by atoms with Gasteiger partial charge in [0.25, 0.3) is 10.0 Å². The first kappa shape index (κ1) is 20.6. The summed E-state index contributed by atoms with van der Waals surface area (Å²) in [5.74, 6) is -0.975. The van der Waals surface area contributed by atoms with E-state index in [0.29, 0.717) is 5.69 Å². The van der Waals surface area contributed by atoms with Crippen LogP contribution in [0.2, 0.25) is 10.0 Å². The molecule has 0 radical (unpaired) electrons. The van der Waals surface area contributed by atoms with Gasteiger partial charge in [-0.3, -0.25) is 9.10 Å². The van der Waals surface area contributed by atoms with Crippen LogP contribution in [0.3, 0.4) is 0 Å². The number of rotatable bonds is 7. The lowest BCUT2D eigenvalue weighted by Gasteiger charge is -2.26. The molecule has 0 spiro atoms. The summed E-state index contributed by atoms with van der Waals surface area (Å²) in [6.07, 6.45) is 0.0570. The minimum atomic E-state index is -3.93. The molecule has 2 aromatic carbocycles. The van der Waals surface area contributed by atoms with E-state index in [-0.39, 0.29) is 34.3 Å². The van der Waals surface area contributed by atoms with Gasteiger partial charge in [-0.1, -0.05) is 40.9 Å². The van der Waals surface area contributed by atoms with Crippen molar-refractivity contribution in [3.8, 4) is 0 Å². The highest BCUT2D eigenvalue weighted by atomic mass is 35.5. The van der Waals surface area contributed by atoms with Crippen molar-refractivity contribution in [3.63, 3.8) is 0 Å². The number of aryl methyl sites for hydroxylation is 2. The number of anilines is 1. The molecule has 0 amide bonds. The molecule has 0 heterocycles. The van der Waals surface area contributed by atoms with Crippen molar-refractivity contribution >= 4 is 44.9 Å². The third-order valence-electron chi connectivity index (χ3n) is 3.85. The molecular weight excluding hydrogens is 397 g/mol. The summed E-state index contributed by atoms with van der Waals surface area (Å²) in [6.45, 7) is 3.77. The van der Waals surface area contributed by atoms with E-state index >= 15 is 0 Å². The van der Waals surface area contributed by atoms with Crippen molar-refractivity contribution < 1.29 is 18.3 Å². The number of halogens is 2. The molecule has 0 aliphatic carbocycles. The largest absolute Gasteiger partial charge is 0.481 e. The summed E-state index contributed by atoms with van der Waals surface area (Å²) < 4.78 is 27.6. The van der Waals surface area contributed by atoms with Gasteiger partial charge in [0.05, 0.1) is 20.6 Å². The van der Waals surface area contributed by atoms with E-state index in [0.717, 1.165) is 11.1 Å². The minimum absolute atomic E-state index is 0.00204. The number of aliphatic carboxylic acids is 1. The van der Waals surface area contributed by atoms with Crippen LogP contribution < -0.4 is 4.31 Å². The zero-order valence-corrected chi connectivity index (χ0v) is 16.7. The van der Waals surface area contributed by atoms with Gasteiger partial charge >= 0.3 is 5.97 Å². The Morgan fingerprint density at radius 1 is 1.08 bits per heavy atom. The van der Waals surface area contributed by atoms with Crippen molar-refractivity contribution in [3.05, 3.63) is 57.6 Å². The predicted octanol–water partition coefficient (Wildman–Crippen LogP) is 4.67. The Labute approximate surface area is 163 Å². The zero-order chi connectivity index (χ0) is 19.5. The standard InChI is InChI=1S/C18H19Cl2NO4S/c1-12-5-8-17(13(2)10-12)21(9-3-4-18(22)23)26(24,25)14-6-7-15(19)16(20)11-14/h5-8,10-11H,3-4,9H2,1-2H3,(H,22,23). The fourth-order valence-corrected chi connectivity index (χ4v) is 4.55. The summed E-state index contributed by atoms with van der Waals surface area (Å²) in [4.78, 5) is 10.8. The van der Waals surface area contributed by atoms with Crippen LogP contribution in [-0.4, -0.2) is 26.0 Å². The Kier molecular flexibility index (Phi) is 6.55. The molecule has 2 aromatic rings. The Hall–Kier alpha value is -1.76. The average Bonchev–Trinajstić information content (AvgIpc) is 2.54. The molecule has 0 aliphatic rings. The predicted molar refractivity (Wildman–Crippen MR) is 104 cm³/mol. The molecule has 0 fully saturated rings. The van der Waals surface area contributed by atoms with Gasteiger partial charge in [0.2, 0.25) is 0 Å². The first-order chi connectivity index (χ1) is 12.1. The van der Waals surface area contributed by atoms with Crippen LogP contribution in [0.25, 0.3) is 0 Å². The Bertz CT molecular complexity index is 929. The normalized spacial score (nSPS) is 11.4. The van der Waals surface area contributed by atoms with Gasteiger partial charge in [-0.25, -0.2) is 8.42 Å². The molecule has 2 rings (SSSR count). The smallest absolute Gasteiger partial charge is 0.303 e. The van der Waals surface area contributed by atoms with Gasteiger partial charge < -0.3 is 5.11 Å². The second-order valence-electron chi connectivity index (χ2n) is 5.94. The number of benzene rings is 2. The third-order valence-corrected chi connectivity index (χ3v) is 6.40. The molecular formula is C18H19Cl2NO4S. The van der Waals surface area contributed by atoms with Crippen LogP contribution in [-0.2, 0) is 14.8 Å². The molecule has 0 atom stereocenters. The molecule has 0 saturated heterocycles. The summed E-state index contributed by atoms with van der Waals surface area (Å²) in [6, 6.07) is 9.53. The lowest BCUT2D eigenvalue weighted by molar-refractivity contribution is -0.137. The van der Waals surface area contributed by atoms with E-state index in [4.69, 9.17) is 28.3 Å². The number of hydrogen-bond donors (Lipinski definition) is 1. The van der Waals surface area contributed by atoms with E-state index in [1.165, 1.54) is 22.5 Å². The van der Waals surface area contributed by atoms with E-state index in [9.17, 15) is 13.2 Å². The Morgan fingerprint density at radius 2 is 1.77 bits per heavy atom. The Morgan fingerprint density at radius 3 is 2.35 bits per heavy atom. The maximum absolute atomic E-state index is 13.2. The fourth-order valence-electron chi connectivity index (χ4n) is 2.59.